The van der Waals surface area contributed by atoms with Crippen molar-refractivity contribution in [1.82, 2.24) is 20.2 Å². The zero-order chi connectivity index (χ0) is 19.1. The molecule has 0 radical (unpaired) electrons. The molecule has 0 aliphatic heterocycles. The molecule has 1 amide bonds. The Morgan fingerprint density at radius 2 is 1.88 bits per heavy atom. The van der Waals surface area contributed by atoms with Gasteiger partial charge < -0.3 is 4.74 Å². The zero-order valence-electron chi connectivity index (χ0n) is 14.8. The van der Waals surface area contributed by atoms with Gasteiger partial charge in [-0.15, -0.1) is 0 Å². The molecular weight excluding hydrogens is 338 g/mol. The molecule has 4 N–H and O–H groups in total. The minimum atomic E-state index is -0.628. The van der Waals surface area contributed by atoms with Crippen molar-refractivity contribution in [2.75, 3.05) is 5.32 Å². The van der Waals surface area contributed by atoms with E-state index < -0.39 is 22.9 Å². The van der Waals surface area contributed by atoms with Crippen LogP contribution in [-0.2, 0) is 4.74 Å². The highest BCUT2D eigenvalue weighted by molar-refractivity contribution is 5.92. The molecule has 0 fully saturated rings. The molecule has 2 aromatic heterocycles. The molecule has 0 spiro atoms. The Morgan fingerprint density at radius 3 is 2.58 bits per heavy atom. The van der Waals surface area contributed by atoms with E-state index in [0.717, 1.165) is 5.56 Å². The van der Waals surface area contributed by atoms with E-state index in [1.54, 1.807) is 32.9 Å². The van der Waals surface area contributed by atoms with Gasteiger partial charge in [0.25, 0.3) is 5.56 Å². The molecule has 2 heterocycles. The number of aromatic amines is 3. The molecule has 9 nitrogen and oxygen atoms in total. The summed E-state index contributed by atoms with van der Waals surface area (Å²) in [5.41, 5.74) is 0.819. The highest BCUT2D eigenvalue weighted by Crippen LogP contribution is 2.27. The molecule has 0 saturated carbocycles. The lowest BCUT2D eigenvalue weighted by molar-refractivity contribution is 0.0636. The Labute approximate surface area is 147 Å². The van der Waals surface area contributed by atoms with Gasteiger partial charge >= 0.3 is 11.8 Å². The fraction of sp³-hybridized carbons (Fsp3) is 0.294. The minimum Gasteiger partial charge on any atom is -0.444 e. The van der Waals surface area contributed by atoms with Gasteiger partial charge in [0.1, 0.15) is 11.0 Å². The van der Waals surface area contributed by atoms with Crippen molar-refractivity contribution in [3.05, 3.63) is 44.6 Å². The number of ether oxygens (including phenoxy) is 1. The highest BCUT2D eigenvalue weighted by atomic mass is 16.6. The maximum Gasteiger partial charge on any atom is 0.412 e. The van der Waals surface area contributed by atoms with Crippen LogP contribution in [0.1, 0.15) is 26.3 Å². The predicted molar refractivity (Wildman–Crippen MR) is 97.4 cm³/mol. The number of benzene rings is 1. The summed E-state index contributed by atoms with van der Waals surface area (Å²) in [5.74, 6) is 0. The normalized spacial score (nSPS) is 11.5. The van der Waals surface area contributed by atoms with Gasteiger partial charge in [-0.1, -0.05) is 0 Å². The largest absolute Gasteiger partial charge is 0.444 e. The fourth-order valence-electron chi connectivity index (χ4n) is 2.59. The topological polar surface area (TPSA) is 133 Å². The molecule has 1 aromatic carbocycles. The van der Waals surface area contributed by atoms with Crippen LogP contribution >= 0.6 is 0 Å². The van der Waals surface area contributed by atoms with Gasteiger partial charge in [0.2, 0.25) is 0 Å². The van der Waals surface area contributed by atoms with Crippen molar-refractivity contribution >= 4 is 22.8 Å². The van der Waals surface area contributed by atoms with E-state index in [-0.39, 0.29) is 11.0 Å². The fourth-order valence-corrected chi connectivity index (χ4v) is 2.59. The number of nitrogens with one attached hydrogen (secondary N) is 4. The lowest BCUT2D eigenvalue weighted by atomic mass is 10.1. The first kappa shape index (κ1) is 17.5. The van der Waals surface area contributed by atoms with E-state index in [2.05, 4.69) is 25.5 Å². The van der Waals surface area contributed by atoms with E-state index in [0.29, 0.717) is 16.9 Å². The quantitative estimate of drug-likeness (QED) is 0.558. The summed E-state index contributed by atoms with van der Waals surface area (Å²) < 4.78 is 5.25. The van der Waals surface area contributed by atoms with Gasteiger partial charge in [0, 0.05) is 11.3 Å². The smallest absolute Gasteiger partial charge is 0.412 e. The van der Waals surface area contributed by atoms with Crippen molar-refractivity contribution in [1.29, 1.82) is 0 Å². The molecule has 9 heteroatoms. The molecule has 0 atom stereocenters. The molecule has 0 aliphatic carbocycles. The van der Waals surface area contributed by atoms with Crippen LogP contribution in [0, 0.1) is 6.92 Å². The second-order valence-electron chi connectivity index (χ2n) is 6.95. The number of anilines is 1. The summed E-state index contributed by atoms with van der Waals surface area (Å²) in [6.45, 7) is 7.18. The van der Waals surface area contributed by atoms with Crippen LogP contribution in [0.15, 0.2) is 27.8 Å². The van der Waals surface area contributed by atoms with Gasteiger partial charge in [-0.3, -0.25) is 25.2 Å². The van der Waals surface area contributed by atoms with Crippen LogP contribution in [0.5, 0.6) is 0 Å². The number of hydrogen-bond acceptors (Lipinski definition) is 5. The Morgan fingerprint density at radius 1 is 1.15 bits per heavy atom. The van der Waals surface area contributed by atoms with E-state index in [1.807, 2.05) is 13.0 Å². The third-order valence-corrected chi connectivity index (χ3v) is 3.46. The second-order valence-corrected chi connectivity index (χ2v) is 6.95. The summed E-state index contributed by atoms with van der Waals surface area (Å²) in [6.07, 6.45) is -0.578. The minimum absolute atomic E-state index is 0.164. The number of H-pyrrole nitrogens is 3. The highest BCUT2D eigenvalue weighted by Gasteiger charge is 2.17. The molecule has 3 rings (SSSR count). The number of rotatable bonds is 2. The van der Waals surface area contributed by atoms with Crippen LogP contribution in [0.4, 0.5) is 10.5 Å². The van der Waals surface area contributed by atoms with Crippen LogP contribution in [0.2, 0.25) is 0 Å². The summed E-state index contributed by atoms with van der Waals surface area (Å²) in [6, 6.07) is 5.30. The molecule has 0 saturated heterocycles. The third-order valence-electron chi connectivity index (χ3n) is 3.46. The van der Waals surface area contributed by atoms with E-state index in [1.165, 1.54) is 0 Å². The molecule has 0 aliphatic rings. The molecule has 136 valence electrons. The number of fused-ring (bicyclic) bond motifs is 1. The standard InChI is InChI=1S/C17H19N5O4/c1-8-5-9(7-10(6-8)18-16(25)26-17(2,3)4)12-11-13(22-21-12)19-15(24)20-14(11)23/h5-7H,1-4H3,(H,18,25)(H3,19,20,21,22,23,24). The second kappa shape index (κ2) is 6.17. The van der Waals surface area contributed by atoms with Gasteiger partial charge in [0.15, 0.2) is 5.65 Å². The zero-order valence-corrected chi connectivity index (χ0v) is 14.8. The number of hydrogen-bond donors (Lipinski definition) is 4. The Kier molecular flexibility index (Phi) is 4.15. The molecule has 0 bridgehead atoms. The third kappa shape index (κ3) is 3.66. The van der Waals surface area contributed by atoms with Crippen molar-refractivity contribution in [3.8, 4) is 11.3 Å². The van der Waals surface area contributed by atoms with Gasteiger partial charge in [-0.25, -0.2) is 9.59 Å². The molecular formula is C17H19N5O4. The first-order valence-corrected chi connectivity index (χ1v) is 7.95. The lowest BCUT2D eigenvalue weighted by Gasteiger charge is -2.20. The average molecular weight is 357 g/mol. The van der Waals surface area contributed by atoms with Crippen LogP contribution in [0.3, 0.4) is 0 Å². The molecule has 3 aromatic rings. The molecule has 0 unspecified atom stereocenters. The van der Waals surface area contributed by atoms with Gasteiger partial charge in [0.05, 0.1) is 5.69 Å². The van der Waals surface area contributed by atoms with E-state index in [4.69, 9.17) is 4.74 Å². The Bertz CT molecular complexity index is 1100. The number of aromatic nitrogens is 4. The summed E-state index contributed by atoms with van der Waals surface area (Å²) >= 11 is 0. The first-order valence-electron chi connectivity index (χ1n) is 7.95. The number of carbonyl (C=O) groups excluding carboxylic acids is 1. The van der Waals surface area contributed by atoms with Crippen molar-refractivity contribution in [2.24, 2.45) is 0 Å². The summed E-state index contributed by atoms with van der Waals surface area (Å²) in [5, 5.41) is 9.64. The average Bonchev–Trinajstić information content (AvgIpc) is 2.88. The van der Waals surface area contributed by atoms with Crippen LogP contribution < -0.4 is 16.6 Å². The van der Waals surface area contributed by atoms with Crippen LogP contribution in [-0.4, -0.2) is 31.9 Å². The first-order chi connectivity index (χ1) is 12.1. The Balaban J connectivity index is 2.02. The summed E-state index contributed by atoms with van der Waals surface area (Å²) in [4.78, 5) is 40.1. The molecule has 26 heavy (non-hydrogen) atoms. The van der Waals surface area contributed by atoms with Crippen molar-refractivity contribution in [2.45, 2.75) is 33.3 Å². The SMILES string of the molecule is Cc1cc(NC(=O)OC(C)(C)C)cc(-c2[nH]nc3[nH]c(=O)[nH]c(=O)c23)c1. The monoisotopic (exact) mass is 357 g/mol. The van der Waals surface area contributed by atoms with Crippen LogP contribution in [0.25, 0.3) is 22.3 Å². The lowest BCUT2D eigenvalue weighted by Crippen LogP contribution is -2.27. The van der Waals surface area contributed by atoms with Gasteiger partial charge in [-0.2, -0.15) is 5.10 Å². The number of aryl methyl sites for hydroxylation is 1. The van der Waals surface area contributed by atoms with Crippen molar-refractivity contribution in [3.63, 3.8) is 0 Å². The Hall–Kier alpha value is -3.36. The number of amides is 1. The maximum absolute atomic E-state index is 12.1. The number of nitrogens with zero attached hydrogens (tertiary/aromatic N) is 1. The van der Waals surface area contributed by atoms with E-state index >= 15 is 0 Å². The van der Waals surface area contributed by atoms with Gasteiger partial charge in [-0.05, 0) is 51.5 Å². The van der Waals surface area contributed by atoms with Crippen molar-refractivity contribution < 1.29 is 9.53 Å². The summed E-state index contributed by atoms with van der Waals surface area (Å²) in [7, 11) is 0. The maximum atomic E-state index is 12.1. The number of carbonyl (C=O) groups is 1. The predicted octanol–water partition coefficient (Wildman–Crippen LogP) is 2.26. The van der Waals surface area contributed by atoms with E-state index in [9.17, 15) is 14.4 Å².